The van der Waals surface area contributed by atoms with Crippen molar-refractivity contribution in [2.24, 2.45) is 5.92 Å². The van der Waals surface area contributed by atoms with Crippen molar-refractivity contribution in [2.75, 3.05) is 25.4 Å². The van der Waals surface area contributed by atoms with Crippen LogP contribution in [-0.2, 0) is 14.6 Å². The Kier molecular flexibility index (Phi) is 4.46. The van der Waals surface area contributed by atoms with Gasteiger partial charge in [-0.2, -0.15) is 0 Å². The fraction of sp³-hybridized carbons (Fsp3) is 0.611. The van der Waals surface area contributed by atoms with E-state index in [9.17, 15) is 13.2 Å². The molecule has 1 atom stereocenters. The molecule has 2 fully saturated rings. The molecule has 3 heterocycles. The van der Waals surface area contributed by atoms with Crippen molar-refractivity contribution in [1.82, 2.24) is 14.9 Å². The number of sulfone groups is 1. The van der Waals surface area contributed by atoms with Gasteiger partial charge in [-0.3, -0.25) is 4.79 Å². The second kappa shape index (κ2) is 6.64. The lowest BCUT2D eigenvalue weighted by Crippen LogP contribution is -2.69. The van der Waals surface area contributed by atoms with Gasteiger partial charge in [0.25, 0.3) is 0 Å². The largest absolute Gasteiger partial charge is 0.463 e. The molecule has 0 bridgehead atoms. The topological polar surface area (TPSA) is 89.5 Å². The monoisotopic (exact) mass is 377 g/mol. The average Bonchev–Trinajstić information content (AvgIpc) is 2.90. The van der Waals surface area contributed by atoms with Gasteiger partial charge in [-0.15, -0.1) is 0 Å². The highest BCUT2D eigenvalue weighted by molar-refractivity contribution is 7.93. The molecule has 3 aliphatic rings. The summed E-state index contributed by atoms with van der Waals surface area (Å²) in [6.45, 7) is 0.804. The van der Waals surface area contributed by atoms with Crippen molar-refractivity contribution in [3.63, 3.8) is 0 Å². The zero-order valence-corrected chi connectivity index (χ0v) is 15.5. The molecule has 4 rings (SSSR count). The van der Waals surface area contributed by atoms with E-state index in [1.54, 1.807) is 23.4 Å². The Morgan fingerprint density at radius 1 is 1.27 bits per heavy atom. The SMILES string of the molecule is O=C(C1=CCCCC1)N1CC2(C1)[C@@H](COc1ncccn1)CCS2(=O)=O. The third kappa shape index (κ3) is 2.90. The molecule has 1 spiro atoms. The van der Waals surface area contributed by atoms with Crippen LogP contribution < -0.4 is 4.74 Å². The molecule has 1 aromatic rings. The molecule has 2 saturated heterocycles. The van der Waals surface area contributed by atoms with E-state index in [-0.39, 0.29) is 43.3 Å². The standard InChI is InChI=1S/C18H23N3O4S/c22-16(14-5-2-1-3-6-14)21-12-18(13-21)15(7-10-26(18,23)24)11-25-17-19-8-4-9-20-17/h4-5,8-9,15H,1-3,6-7,10-13H2/t15-/m1/s1. The Labute approximate surface area is 153 Å². The number of nitrogens with zero attached hydrogens (tertiary/aromatic N) is 3. The highest BCUT2D eigenvalue weighted by Gasteiger charge is 2.62. The molecule has 7 nitrogen and oxygen atoms in total. The number of likely N-dealkylation sites (tertiary alicyclic amines) is 1. The van der Waals surface area contributed by atoms with Crippen LogP contribution in [0.5, 0.6) is 6.01 Å². The maximum Gasteiger partial charge on any atom is 0.316 e. The molecule has 1 amide bonds. The van der Waals surface area contributed by atoms with Crippen LogP contribution in [0.4, 0.5) is 0 Å². The molecule has 8 heteroatoms. The van der Waals surface area contributed by atoms with E-state index < -0.39 is 14.6 Å². The lowest BCUT2D eigenvalue weighted by Gasteiger charge is -2.50. The Morgan fingerprint density at radius 3 is 2.73 bits per heavy atom. The summed E-state index contributed by atoms with van der Waals surface area (Å²) < 4.78 is 30.1. The van der Waals surface area contributed by atoms with Gasteiger partial charge in [0.2, 0.25) is 5.91 Å². The first-order valence-electron chi connectivity index (χ1n) is 9.12. The molecular formula is C18H23N3O4S. The van der Waals surface area contributed by atoms with E-state index in [0.717, 1.165) is 31.3 Å². The number of aromatic nitrogens is 2. The molecule has 0 N–H and O–H groups in total. The molecule has 2 aliphatic heterocycles. The van der Waals surface area contributed by atoms with Gasteiger partial charge in [0.05, 0.1) is 12.4 Å². The zero-order valence-electron chi connectivity index (χ0n) is 14.6. The highest BCUT2D eigenvalue weighted by Crippen LogP contribution is 2.45. The van der Waals surface area contributed by atoms with Gasteiger partial charge in [0, 0.05) is 37.0 Å². The maximum absolute atomic E-state index is 12.7. The Bertz CT molecular complexity index is 816. The van der Waals surface area contributed by atoms with Crippen LogP contribution >= 0.6 is 0 Å². The van der Waals surface area contributed by atoms with Crippen LogP contribution in [0.1, 0.15) is 32.1 Å². The lowest BCUT2D eigenvalue weighted by atomic mass is 9.83. The summed E-state index contributed by atoms with van der Waals surface area (Å²) >= 11 is 0. The fourth-order valence-electron chi connectivity index (χ4n) is 4.22. The van der Waals surface area contributed by atoms with E-state index >= 15 is 0 Å². The van der Waals surface area contributed by atoms with Crippen LogP contribution in [0.3, 0.4) is 0 Å². The van der Waals surface area contributed by atoms with E-state index in [2.05, 4.69) is 9.97 Å². The highest BCUT2D eigenvalue weighted by atomic mass is 32.2. The molecule has 0 saturated carbocycles. The molecule has 140 valence electrons. The zero-order chi connectivity index (χ0) is 18.2. The molecule has 1 aliphatic carbocycles. The van der Waals surface area contributed by atoms with E-state index in [1.165, 1.54) is 0 Å². The predicted octanol–water partition coefficient (Wildman–Crippen LogP) is 1.37. The summed E-state index contributed by atoms with van der Waals surface area (Å²) in [5.74, 6) is 0.0191. The number of ether oxygens (including phenoxy) is 1. The molecule has 0 aromatic carbocycles. The minimum Gasteiger partial charge on any atom is -0.463 e. The molecule has 0 radical (unpaired) electrons. The number of allylic oxidation sites excluding steroid dienone is 1. The van der Waals surface area contributed by atoms with E-state index in [1.807, 2.05) is 6.08 Å². The molecule has 1 aromatic heterocycles. The second-order valence-corrected chi connectivity index (χ2v) is 9.80. The van der Waals surface area contributed by atoms with Crippen LogP contribution in [0.2, 0.25) is 0 Å². The number of hydrogen-bond acceptors (Lipinski definition) is 6. The summed E-state index contributed by atoms with van der Waals surface area (Å²) in [6, 6.07) is 1.95. The van der Waals surface area contributed by atoms with Gasteiger partial charge >= 0.3 is 6.01 Å². The van der Waals surface area contributed by atoms with Crippen molar-refractivity contribution in [3.8, 4) is 6.01 Å². The van der Waals surface area contributed by atoms with Crippen LogP contribution in [0.25, 0.3) is 0 Å². The average molecular weight is 377 g/mol. The summed E-state index contributed by atoms with van der Waals surface area (Å²) in [4.78, 5) is 22.4. The Hall–Kier alpha value is -1.96. The van der Waals surface area contributed by atoms with Crippen molar-refractivity contribution >= 4 is 15.7 Å². The first-order chi connectivity index (χ1) is 12.5. The summed E-state index contributed by atoms with van der Waals surface area (Å²) in [7, 11) is -3.23. The fourth-order valence-corrected chi connectivity index (χ4v) is 6.62. The summed E-state index contributed by atoms with van der Waals surface area (Å²) in [5.41, 5.74) is 0.840. The number of amides is 1. The van der Waals surface area contributed by atoms with Gasteiger partial charge in [-0.25, -0.2) is 18.4 Å². The summed E-state index contributed by atoms with van der Waals surface area (Å²) in [6.07, 6.45) is 9.63. The van der Waals surface area contributed by atoms with Gasteiger partial charge < -0.3 is 9.64 Å². The predicted molar refractivity (Wildman–Crippen MR) is 95.3 cm³/mol. The number of carbonyl (C=O) groups excluding carboxylic acids is 1. The Balaban J connectivity index is 1.45. The number of rotatable bonds is 4. The molecular weight excluding hydrogens is 354 g/mol. The van der Waals surface area contributed by atoms with Crippen molar-refractivity contribution in [2.45, 2.75) is 36.9 Å². The van der Waals surface area contributed by atoms with Crippen molar-refractivity contribution in [1.29, 1.82) is 0 Å². The number of hydrogen-bond donors (Lipinski definition) is 0. The smallest absolute Gasteiger partial charge is 0.316 e. The van der Waals surface area contributed by atoms with E-state index in [4.69, 9.17) is 4.74 Å². The van der Waals surface area contributed by atoms with Crippen LogP contribution in [0.15, 0.2) is 30.1 Å². The quantitative estimate of drug-likeness (QED) is 0.787. The minimum absolute atomic E-state index is 0.00323. The first-order valence-corrected chi connectivity index (χ1v) is 10.8. The molecule has 26 heavy (non-hydrogen) atoms. The maximum atomic E-state index is 12.7. The van der Waals surface area contributed by atoms with Gasteiger partial charge in [0.1, 0.15) is 4.75 Å². The van der Waals surface area contributed by atoms with E-state index in [0.29, 0.717) is 6.42 Å². The third-order valence-corrected chi connectivity index (χ3v) is 8.43. The third-order valence-electron chi connectivity index (χ3n) is 5.82. The van der Waals surface area contributed by atoms with Gasteiger partial charge in [0.15, 0.2) is 9.84 Å². The van der Waals surface area contributed by atoms with Crippen LogP contribution in [0, 0.1) is 5.92 Å². The van der Waals surface area contributed by atoms with Crippen LogP contribution in [-0.4, -0.2) is 59.4 Å². The Morgan fingerprint density at radius 2 is 2.04 bits per heavy atom. The van der Waals surface area contributed by atoms with Crippen molar-refractivity contribution < 1.29 is 17.9 Å². The van der Waals surface area contributed by atoms with Crippen molar-refractivity contribution in [3.05, 3.63) is 30.1 Å². The first kappa shape index (κ1) is 17.5. The molecule has 0 unspecified atom stereocenters. The summed E-state index contributed by atoms with van der Waals surface area (Å²) in [5, 5.41) is 0. The number of carbonyl (C=O) groups is 1. The normalized spacial score (nSPS) is 26.2. The lowest BCUT2D eigenvalue weighted by molar-refractivity contribution is -0.133. The van der Waals surface area contributed by atoms with Gasteiger partial charge in [-0.05, 0) is 38.2 Å². The second-order valence-electron chi connectivity index (χ2n) is 7.35. The van der Waals surface area contributed by atoms with Gasteiger partial charge in [-0.1, -0.05) is 6.08 Å². The minimum atomic E-state index is -3.23.